The molecule has 2 unspecified atom stereocenters. The third-order valence-electron chi connectivity index (χ3n) is 4.12. The van der Waals surface area contributed by atoms with E-state index in [0.29, 0.717) is 13.1 Å². The molecule has 2 aliphatic rings. The van der Waals surface area contributed by atoms with Gasteiger partial charge >= 0.3 is 6.18 Å². The monoisotopic (exact) mass is 314 g/mol. The van der Waals surface area contributed by atoms with Gasteiger partial charge in [-0.05, 0) is 25.8 Å². The summed E-state index contributed by atoms with van der Waals surface area (Å²) in [7, 11) is -3.57. The van der Waals surface area contributed by atoms with E-state index in [1.165, 1.54) is 4.31 Å². The normalized spacial score (nSPS) is 29.0. The first-order valence-corrected chi connectivity index (χ1v) is 8.64. The van der Waals surface area contributed by atoms with Crippen molar-refractivity contribution in [3.8, 4) is 0 Å². The van der Waals surface area contributed by atoms with E-state index in [1.807, 2.05) is 6.92 Å². The lowest BCUT2D eigenvalue weighted by Crippen LogP contribution is -2.56. The molecule has 0 aromatic rings. The summed E-state index contributed by atoms with van der Waals surface area (Å²) in [5, 5.41) is 0. The highest BCUT2D eigenvalue weighted by Crippen LogP contribution is 2.33. The predicted octanol–water partition coefficient (Wildman–Crippen LogP) is 1.83. The maximum Gasteiger partial charge on any atom is 0.389 e. The Morgan fingerprint density at radius 3 is 2.15 bits per heavy atom. The Labute approximate surface area is 118 Å². The van der Waals surface area contributed by atoms with Gasteiger partial charge in [-0.25, -0.2) is 8.42 Å². The maximum atomic E-state index is 12.3. The molecule has 118 valence electrons. The van der Waals surface area contributed by atoms with Crippen molar-refractivity contribution in [2.75, 3.05) is 25.4 Å². The number of fused-ring (bicyclic) bond motifs is 2. The Hall–Kier alpha value is -0.340. The second-order valence-electron chi connectivity index (χ2n) is 5.60. The van der Waals surface area contributed by atoms with Gasteiger partial charge in [0.25, 0.3) is 0 Å². The molecule has 4 nitrogen and oxygen atoms in total. The minimum Gasteiger partial charge on any atom is -0.300 e. The third-order valence-corrected chi connectivity index (χ3v) is 6.17. The maximum absolute atomic E-state index is 12.3. The summed E-state index contributed by atoms with van der Waals surface area (Å²) in [4.78, 5) is 2.21. The summed E-state index contributed by atoms with van der Waals surface area (Å²) in [5.74, 6) is -0.397. The van der Waals surface area contributed by atoms with Crippen molar-refractivity contribution in [2.45, 2.75) is 50.9 Å². The van der Waals surface area contributed by atoms with Crippen molar-refractivity contribution in [2.24, 2.45) is 0 Å². The fraction of sp³-hybridized carbons (Fsp3) is 1.00. The molecular formula is C12H21F3N2O2S. The van der Waals surface area contributed by atoms with Crippen LogP contribution in [-0.4, -0.2) is 61.3 Å². The number of hydrogen-bond donors (Lipinski definition) is 0. The molecule has 2 rings (SSSR count). The van der Waals surface area contributed by atoms with E-state index in [9.17, 15) is 21.6 Å². The van der Waals surface area contributed by atoms with E-state index in [1.54, 1.807) is 0 Å². The summed E-state index contributed by atoms with van der Waals surface area (Å²) in [6.07, 6.45) is -4.02. The van der Waals surface area contributed by atoms with Gasteiger partial charge in [0.05, 0.1) is 5.75 Å². The molecule has 0 radical (unpaired) electrons. The second-order valence-corrected chi connectivity index (χ2v) is 7.60. The van der Waals surface area contributed by atoms with Crippen LogP contribution >= 0.6 is 0 Å². The number of alkyl halides is 3. The van der Waals surface area contributed by atoms with Gasteiger partial charge in [0, 0.05) is 31.6 Å². The fourth-order valence-corrected chi connectivity index (χ4v) is 5.20. The van der Waals surface area contributed by atoms with Crippen LogP contribution in [0.1, 0.15) is 32.6 Å². The van der Waals surface area contributed by atoms with Crippen LogP contribution in [0.4, 0.5) is 13.2 Å². The Morgan fingerprint density at radius 1 is 1.15 bits per heavy atom. The first-order valence-electron chi connectivity index (χ1n) is 7.03. The van der Waals surface area contributed by atoms with Crippen LogP contribution in [0.5, 0.6) is 0 Å². The molecule has 0 saturated carbocycles. The smallest absolute Gasteiger partial charge is 0.300 e. The van der Waals surface area contributed by atoms with Crippen LogP contribution in [-0.2, 0) is 10.0 Å². The van der Waals surface area contributed by atoms with Gasteiger partial charge < -0.3 is 4.90 Å². The molecule has 2 bridgehead atoms. The molecule has 0 amide bonds. The van der Waals surface area contributed by atoms with E-state index in [-0.39, 0.29) is 18.5 Å². The SMILES string of the molecule is CCN1CC2CCC(C1)N2S(=O)(=O)CCCC(F)(F)F. The predicted molar refractivity (Wildman–Crippen MR) is 69.8 cm³/mol. The van der Waals surface area contributed by atoms with Crippen molar-refractivity contribution in [3.05, 3.63) is 0 Å². The lowest BCUT2D eigenvalue weighted by Gasteiger charge is -2.39. The Bertz CT molecular complexity index is 424. The zero-order chi connectivity index (χ0) is 15.0. The average Bonchev–Trinajstić information content (AvgIpc) is 2.60. The summed E-state index contributed by atoms with van der Waals surface area (Å²) in [6, 6.07) is -0.103. The lowest BCUT2D eigenvalue weighted by molar-refractivity contribution is -0.134. The number of rotatable bonds is 5. The average molecular weight is 314 g/mol. The molecule has 0 spiro atoms. The van der Waals surface area contributed by atoms with Gasteiger partial charge in [-0.2, -0.15) is 17.5 Å². The minimum absolute atomic E-state index is 0.0513. The van der Waals surface area contributed by atoms with Gasteiger partial charge in [0.15, 0.2) is 0 Å². The van der Waals surface area contributed by atoms with E-state index in [0.717, 1.165) is 19.4 Å². The quantitative estimate of drug-likeness (QED) is 0.777. The Balaban J connectivity index is 1.97. The zero-order valence-corrected chi connectivity index (χ0v) is 12.4. The zero-order valence-electron chi connectivity index (χ0n) is 11.6. The number of sulfonamides is 1. The van der Waals surface area contributed by atoms with Crippen molar-refractivity contribution in [1.82, 2.24) is 9.21 Å². The first-order chi connectivity index (χ1) is 9.23. The summed E-state index contributed by atoms with van der Waals surface area (Å²) in [5.41, 5.74) is 0. The van der Waals surface area contributed by atoms with Gasteiger partial charge in [-0.15, -0.1) is 0 Å². The Morgan fingerprint density at radius 2 is 1.70 bits per heavy atom. The molecular weight excluding hydrogens is 293 g/mol. The first kappa shape index (κ1) is 16.0. The van der Waals surface area contributed by atoms with Crippen LogP contribution in [0.25, 0.3) is 0 Å². The molecule has 8 heteroatoms. The van der Waals surface area contributed by atoms with E-state index in [2.05, 4.69) is 4.90 Å². The van der Waals surface area contributed by atoms with E-state index >= 15 is 0 Å². The number of likely N-dealkylation sites (tertiary alicyclic amines) is 1. The molecule has 0 aliphatic carbocycles. The summed E-state index contributed by atoms with van der Waals surface area (Å²) >= 11 is 0. The van der Waals surface area contributed by atoms with Crippen LogP contribution in [0.2, 0.25) is 0 Å². The van der Waals surface area contributed by atoms with Crippen LogP contribution in [0.15, 0.2) is 0 Å². The minimum atomic E-state index is -4.28. The number of hydrogen-bond acceptors (Lipinski definition) is 3. The van der Waals surface area contributed by atoms with Crippen molar-refractivity contribution in [3.63, 3.8) is 0 Å². The van der Waals surface area contributed by atoms with Crippen molar-refractivity contribution < 1.29 is 21.6 Å². The third kappa shape index (κ3) is 3.65. The van der Waals surface area contributed by atoms with Gasteiger partial charge in [0.2, 0.25) is 10.0 Å². The Kier molecular flexibility index (Phi) is 4.66. The second kappa shape index (κ2) is 5.81. The molecule has 20 heavy (non-hydrogen) atoms. The van der Waals surface area contributed by atoms with Crippen LogP contribution in [0.3, 0.4) is 0 Å². The van der Waals surface area contributed by atoms with E-state index < -0.39 is 28.4 Å². The number of nitrogens with zero attached hydrogens (tertiary/aromatic N) is 2. The van der Waals surface area contributed by atoms with Crippen LogP contribution in [0, 0.1) is 0 Å². The molecule has 2 aliphatic heterocycles. The molecule has 0 aromatic carbocycles. The fourth-order valence-electron chi connectivity index (χ4n) is 3.22. The number of piperazine rings is 1. The lowest BCUT2D eigenvalue weighted by atomic mass is 10.2. The number of halogens is 3. The van der Waals surface area contributed by atoms with E-state index in [4.69, 9.17) is 0 Å². The molecule has 0 N–H and O–H groups in total. The highest BCUT2D eigenvalue weighted by molar-refractivity contribution is 7.89. The van der Waals surface area contributed by atoms with Gasteiger partial charge in [-0.3, -0.25) is 0 Å². The standard InChI is InChI=1S/C12H21F3N2O2S/c1-2-16-8-10-4-5-11(9-16)17(10)20(18,19)7-3-6-12(13,14)15/h10-11H,2-9H2,1H3. The number of likely N-dealkylation sites (N-methyl/N-ethyl adjacent to an activating group) is 1. The van der Waals surface area contributed by atoms with Crippen molar-refractivity contribution >= 4 is 10.0 Å². The highest BCUT2D eigenvalue weighted by atomic mass is 32.2. The van der Waals surface area contributed by atoms with Gasteiger partial charge in [0.1, 0.15) is 0 Å². The van der Waals surface area contributed by atoms with Crippen molar-refractivity contribution in [1.29, 1.82) is 0 Å². The van der Waals surface area contributed by atoms with Crippen LogP contribution < -0.4 is 0 Å². The largest absolute Gasteiger partial charge is 0.389 e. The summed E-state index contributed by atoms with van der Waals surface area (Å²) in [6.45, 7) is 4.32. The molecule has 0 aromatic heterocycles. The topological polar surface area (TPSA) is 40.6 Å². The molecule has 2 heterocycles. The molecule has 2 fully saturated rings. The molecule has 2 saturated heterocycles. The molecule has 2 atom stereocenters. The summed E-state index contributed by atoms with van der Waals surface area (Å²) < 4.78 is 62.4. The van der Waals surface area contributed by atoms with Gasteiger partial charge in [-0.1, -0.05) is 6.92 Å². The highest BCUT2D eigenvalue weighted by Gasteiger charge is 2.45.